The minimum absolute atomic E-state index is 0.688. The fourth-order valence-corrected chi connectivity index (χ4v) is 3.31. The van der Waals surface area contributed by atoms with Crippen molar-refractivity contribution >= 4 is 0 Å². The van der Waals surface area contributed by atoms with Crippen LogP contribution in [0.3, 0.4) is 0 Å². The minimum Gasteiger partial charge on any atom is -0.192 e. The third-order valence-electron chi connectivity index (χ3n) is 4.82. The van der Waals surface area contributed by atoms with Gasteiger partial charge in [0.15, 0.2) is 0 Å². The highest BCUT2D eigenvalue weighted by molar-refractivity contribution is 5.65. The molecular weight excluding hydrogens is 302 g/mol. The number of nitriles is 1. The summed E-state index contributed by atoms with van der Waals surface area (Å²) in [5, 5.41) is 8.87. The van der Waals surface area contributed by atoms with E-state index in [0.29, 0.717) is 5.56 Å². The van der Waals surface area contributed by atoms with Crippen LogP contribution in [0.2, 0.25) is 0 Å². The van der Waals surface area contributed by atoms with E-state index in [1.54, 1.807) is 0 Å². The van der Waals surface area contributed by atoms with Gasteiger partial charge in [-0.15, -0.1) is 0 Å². The molecule has 3 rings (SSSR count). The molecule has 0 amide bonds. The second-order valence-electron chi connectivity index (χ2n) is 6.67. The predicted molar refractivity (Wildman–Crippen MR) is 104 cm³/mol. The van der Waals surface area contributed by atoms with Crippen LogP contribution in [-0.4, -0.2) is 0 Å². The smallest absolute Gasteiger partial charge is 0.0991 e. The Morgan fingerprint density at radius 1 is 0.920 bits per heavy atom. The van der Waals surface area contributed by atoms with E-state index in [0.717, 1.165) is 29.0 Å². The molecule has 0 aromatic heterocycles. The Hall–Kier alpha value is -2.77. The molecule has 0 fully saturated rings. The van der Waals surface area contributed by atoms with Crippen LogP contribution in [0, 0.1) is 29.1 Å². The van der Waals surface area contributed by atoms with E-state index in [9.17, 15) is 0 Å². The Morgan fingerprint density at radius 3 is 2.08 bits per heavy atom. The lowest BCUT2D eigenvalue weighted by Crippen LogP contribution is -2.04. The Bertz CT molecular complexity index is 836. The first-order valence-corrected chi connectivity index (χ1v) is 9.10. The van der Waals surface area contributed by atoms with Crippen molar-refractivity contribution in [1.82, 2.24) is 0 Å². The lowest BCUT2D eigenvalue weighted by Gasteiger charge is -2.18. The van der Waals surface area contributed by atoms with Gasteiger partial charge < -0.3 is 0 Å². The molecule has 2 aromatic rings. The molecule has 1 aliphatic carbocycles. The zero-order valence-electron chi connectivity index (χ0n) is 14.8. The van der Waals surface area contributed by atoms with Gasteiger partial charge in [-0.3, -0.25) is 0 Å². The van der Waals surface area contributed by atoms with Gasteiger partial charge in [-0.05, 0) is 66.1 Å². The second kappa shape index (κ2) is 8.36. The first-order valence-electron chi connectivity index (χ1n) is 9.10. The van der Waals surface area contributed by atoms with Crippen LogP contribution in [0.1, 0.15) is 50.2 Å². The molecule has 0 aliphatic heterocycles. The van der Waals surface area contributed by atoms with Crippen LogP contribution < -0.4 is 0 Å². The van der Waals surface area contributed by atoms with Gasteiger partial charge in [0.1, 0.15) is 0 Å². The topological polar surface area (TPSA) is 23.8 Å². The van der Waals surface area contributed by atoms with Gasteiger partial charge in [-0.1, -0.05) is 61.9 Å². The van der Waals surface area contributed by atoms with Gasteiger partial charge >= 0.3 is 0 Å². The average Bonchev–Trinajstić information content (AvgIpc) is 2.68. The number of rotatable bonds is 3. The molecule has 0 spiro atoms. The molecule has 0 N–H and O–H groups in total. The Morgan fingerprint density at radius 2 is 1.56 bits per heavy atom. The quantitative estimate of drug-likeness (QED) is 0.625. The van der Waals surface area contributed by atoms with Crippen molar-refractivity contribution < 1.29 is 0 Å². The van der Waals surface area contributed by atoms with Crippen LogP contribution in [0.15, 0.2) is 60.2 Å². The molecule has 25 heavy (non-hydrogen) atoms. The molecule has 1 heteroatoms. The summed E-state index contributed by atoms with van der Waals surface area (Å²) in [5.74, 6) is 7.51. The van der Waals surface area contributed by atoms with Crippen LogP contribution in [-0.2, 0) is 0 Å². The van der Waals surface area contributed by atoms with E-state index < -0.39 is 0 Å². The molecule has 0 saturated heterocycles. The highest BCUT2D eigenvalue weighted by atomic mass is 14.2. The number of allylic oxidation sites excluding steroid dienone is 2. The standard InChI is InChI=1S/C24H23N/c1-2-3-19-4-6-20(7-5-19)8-9-21-10-14-23(15-11-21)24-16-12-22(18-25)13-17-24/h6,10-17,19H,2-5,7H2,1H3. The van der Waals surface area contributed by atoms with Crippen LogP contribution >= 0.6 is 0 Å². The van der Waals surface area contributed by atoms with Gasteiger partial charge in [0.2, 0.25) is 0 Å². The summed E-state index contributed by atoms with van der Waals surface area (Å²) in [4.78, 5) is 0. The SMILES string of the molecule is CCCC1CC=C(C#Cc2ccc(-c3ccc(C#N)cc3)cc2)CC1. The number of benzene rings is 2. The van der Waals surface area contributed by atoms with Crippen molar-refractivity contribution in [1.29, 1.82) is 5.26 Å². The Kier molecular flexibility index (Phi) is 5.71. The van der Waals surface area contributed by atoms with Crippen molar-refractivity contribution in [2.75, 3.05) is 0 Å². The van der Waals surface area contributed by atoms with Crippen molar-refractivity contribution in [2.24, 2.45) is 5.92 Å². The third-order valence-corrected chi connectivity index (χ3v) is 4.82. The first-order chi connectivity index (χ1) is 12.3. The summed E-state index contributed by atoms with van der Waals surface area (Å²) >= 11 is 0. The lowest BCUT2D eigenvalue weighted by atomic mass is 9.87. The molecule has 1 atom stereocenters. The van der Waals surface area contributed by atoms with Crippen LogP contribution in [0.5, 0.6) is 0 Å². The van der Waals surface area contributed by atoms with Crippen molar-refractivity contribution in [3.63, 3.8) is 0 Å². The van der Waals surface area contributed by atoms with Crippen LogP contribution in [0.4, 0.5) is 0 Å². The normalized spacial score (nSPS) is 16.3. The van der Waals surface area contributed by atoms with Crippen LogP contribution in [0.25, 0.3) is 11.1 Å². The van der Waals surface area contributed by atoms with Crippen molar-refractivity contribution in [3.05, 3.63) is 71.3 Å². The molecule has 0 radical (unpaired) electrons. The maximum atomic E-state index is 8.87. The maximum Gasteiger partial charge on any atom is 0.0991 e. The molecule has 0 saturated carbocycles. The molecule has 0 heterocycles. The molecule has 2 aromatic carbocycles. The molecule has 1 nitrogen and oxygen atoms in total. The van der Waals surface area contributed by atoms with Crippen molar-refractivity contribution in [3.8, 4) is 29.0 Å². The Balaban J connectivity index is 1.66. The fourth-order valence-electron chi connectivity index (χ4n) is 3.31. The summed E-state index contributed by atoms with van der Waals surface area (Å²) in [6.07, 6.45) is 8.56. The minimum atomic E-state index is 0.688. The largest absolute Gasteiger partial charge is 0.192 e. The summed E-state index contributed by atoms with van der Waals surface area (Å²) in [7, 11) is 0. The summed E-state index contributed by atoms with van der Waals surface area (Å²) in [6.45, 7) is 2.26. The number of hydrogen-bond donors (Lipinski definition) is 0. The van der Waals surface area contributed by atoms with Gasteiger partial charge in [-0.25, -0.2) is 0 Å². The van der Waals surface area contributed by atoms with Gasteiger partial charge in [-0.2, -0.15) is 5.26 Å². The summed E-state index contributed by atoms with van der Waals surface area (Å²) in [5.41, 5.74) is 5.30. The van der Waals surface area contributed by atoms with Gasteiger partial charge in [0.25, 0.3) is 0 Å². The van der Waals surface area contributed by atoms with E-state index in [1.807, 2.05) is 24.3 Å². The van der Waals surface area contributed by atoms with E-state index in [-0.39, 0.29) is 0 Å². The summed E-state index contributed by atoms with van der Waals surface area (Å²) < 4.78 is 0. The lowest BCUT2D eigenvalue weighted by molar-refractivity contribution is 0.436. The second-order valence-corrected chi connectivity index (χ2v) is 6.67. The number of hydrogen-bond acceptors (Lipinski definition) is 1. The zero-order chi connectivity index (χ0) is 17.5. The molecule has 0 bridgehead atoms. The highest BCUT2D eigenvalue weighted by Gasteiger charge is 2.12. The third kappa shape index (κ3) is 4.62. The van der Waals surface area contributed by atoms with E-state index >= 15 is 0 Å². The Labute approximate surface area is 151 Å². The summed E-state index contributed by atoms with van der Waals surface area (Å²) in [6, 6.07) is 18.2. The van der Waals surface area contributed by atoms with E-state index in [4.69, 9.17) is 5.26 Å². The predicted octanol–water partition coefficient (Wildman–Crippen LogP) is 6.10. The monoisotopic (exact) mass is 325 g/mol. The molecule has 1 unspecified atom stereocenters. The van der Waals surface area contributed by atoms with Gasteiger partial charge in [0.05, 0.1) is 11.6 Å². The van der Waals surface area contributed by atoms with E-state index in [2.05, 4.69) is 55.2 Å². The average molecular weight is 325 g/mol. The van der Waals surface area contributed by atoms with Crippen molar-refractivity contribution in [2.45, 2.75) is 39.0 Å². The van der Waals surface area contributed by atoms with Gasteiger partial charge in [0, 0.05) is 5.56 Å². The zero-order valence-corrected chi connectivity index (χ0v) is 14.8. The maximum absolute atomic E-state index is 8.87. The van der Waals surface area contributed by atoms with E-state index in [1.165, 1.54) is 31.3 Å². The molecule has 124 valence electrons. The fraction of sp³-hybridized carbons (Fsp3) is 0.292. The highest BCUT2D eigenvalue weighted by Crippen LogP contribution is 2.26. The molecular formula is C24H23N. The first kappa shape index (κ1) is 17.1. The number of nitrogens with zero attached hydrogens (tertiary/aromatic N) is 1. The molecule has 1 aliphatic rings.